The van der Waals surface area contributed by atoms with Gasteiger partial charge >= 0.3 is 0 Å². The summed E-state index contributed by atoms with van der Waals surface area (Å²) >= 11 is 1.62. The van der Waals surface area contributed by atoms with Crippen molar-refractivity contribution in [2.24, 2.45) is 4.99 Å². The highest BCUT2D eigenvalue weighted by Crippen LogP contribution is 2.41. The Hall–Kier alpha value is -1.59. The fourth-order valence-electron chi connectivity index (χ4n) is 3.41. The van der Waals surface area contributed by atoms with Gasteiger partial charge in [-0.2, -0.15) is 0 Å². The average molecular weight is 561 g/mol. The van der Waals surface area contributed by atoms with Gasteiger partial charge in [-0.3, -0.25) is 4.99 Å². The molecular weight excluding hydrogens is 527 g/mol. The third kappa shape index (κ3) is 6.69. The minimum Gasteiger partial charge on any atom is -0.488 e. The van der Waals surface area contributed by atoms with E-state index in [0.29, 0.717) is 19.7 Å². The molecule has 0 bridgehead atoms. The van der Waals surface area contributed by atoms with Gasteiger partial charge in [0.25, 0.3) is 0 Å². The number of thiazole rings is 1. The van der Waals surface area contributed by atoms with Crippen LogP contribution in [0, 0.1) is 0 Å². The molecule has 1 unspecified atom stereocenters. The predicted molar refractivity (Wildman–Crippen MR) is 136 cm³/mol. The number of fused-ring (bicyclic) bond motifs is 1. The van der Waals surface area contributed by atoms with E-state index in [1.807, 2.05) is 31.0 Å². The SMILES string of the molecule is CN=C(NCCOc1cccc2c1OC(C)(C)C2)N(C)Cc1csc(C(C)OC)n1.I. The van der Waals surface area contributed by atoms with Crippen LogP contribution in [0.25, 0.3) is 0 Å². The average Bonchev–Trinajstić information content (AvgIpc) is 3.30. The lowest BCUT2D eigenvalue weighted by Gasteiger charge is -2.21. The Kier molecular flexibility index (Phi) is 9.38. The molecule has 1 aromatic carbocycles. The summed E-state index contributed by atoms with van der Waals surface area (Å²) in [6.07, 6.45) is 0.911. The molecule has 0 spiro atoms. The van der Waals surface area contributed by atoms with Crippen molar-refractivity contribution < 1.29 is 14.2 Å². The molecule has 0 amide bonds. The number of hydrogen-bond acceptors (Lipinski definition) is 6. The second-order valence-corrected chi connectivity index (χ2v) is 8.91. The van der Waals surface area contributed by atoms with Crippen molar-refractivity contribution in [3.05, 3.63) is 39.8 Å². The maximum Gasteiger partial charge on any atom is 0.193 e. The standard InChI is InChI=1S/C22H32N4O3S.HI/c1-15(27-6)20-25-17(14-30-20)13-26(5)21(23-4)24-10-11-28-18-9-7-8-16-12-22(2,3)29-19(16)18;/h7-9,14-15H,10-13H2,1-6H3,(H,23,24);1H. The van der Waals surface area contributed by atoms with Crippen molar-refractivity contribution in [2.75, 3.05) is 34.4 Å². The van der Waals surface area contributed by atoms with E-state index >= 15 is 0 Å². The summed E-state index contributed by atoms with van der Waals surface area (Å²) in [6.45, 7) is 8.01. The number of methoxy groups -OCH3 is 1. The number of para-hydroxylation sites is 1. The van der Waals surface area contributed by atoms with Crippen molar-refractivity contribution in [3.8, 4) is 11.5 Å². The summed E-state index contributed by atoms with van der Waals surface area (Å²) in [5.74, 6) is 2.46. The van der Waals surface area contributed by atoms with Gasteiger partial charge in [0.15, 0.2) is 17.5 Å². The van der Waals surface area contributed by atoms with Gasteiger partial charge in [-0.15, -0.1) is 35.3 Å². The van der Waals surface area contributed by atoms with Gasteiger partial charge in [0.1, 0.15) is 23.3 Å². The van der Waals surface area contributed by atoms with Gasteiger partial charge in [0.2, 0.25) is 0 Å². The molecular formula is C22H33IN4O3S. The molecule has 1 atom stereocenters. The first-order valence-electron chi connectivity index (χ1n) is 10.2. The molecule has 0 aliphatic carbocycles. The first-order valence-corrected chi connectivity index (χ1v) is 11.0. The quantitative estimate of drug-likeness (QED) is 0.225. The van der Waals surface area contributed by atoms with Crippen LogP contribution in [0.3, 0.4) is 0 Å². The van der Waals surface area contributed by atoms with Crippen LogP contribution in [0.4, 0.5) is 0 Å². The monoisotopic (exact) mass is 560 g/mol. The molecule has 3 rings (SSSR count). The highest BCUT2D eigenvalue weighted by Gasteiger charge is 2.32. The highest BCUT2D eigenvalue weighted by atomic mass is 127. The molecule has 172 valence electrons. The third-order valence-corrected chi connectivity index (χ3v) is 6.00. The van der Waals surface area contributed by atoms with Crippen LogP contribution < -0.4 is 14.8 Å². The van der Waals surface area contributed by atoms with E-state index in [0.717, 1.165) is 34.6 Å². The maximum atomic E-state index is 6.06. The minimum absolute atomic E-state index is 0. The van der Waals surface area contributed by atoms with E-state index in [4.69, 9.17) is 14.2 Å². The Bertz CT molecular complexity index is 887. The Balaban J connectivity index is 0.00000341. The molecule has 7 nitrogen and oxygen atoms in total. The lowest BCUT2D eigenvalue weighted by molar-refractivity contribution is 0.119. The Labute approximate surface area is 206 Å². The number of guanidine groups is 1. The molecule has 9 heteroatoms. The van der Waals surface area contributed by atoms with Crippen molar-refractivity contribution in [2.45, 2.75) is 45.4 Å². The summed E-state index contributed by atoms with van der Waals surface area (Å²) in [4.78, 5) is 11.1. The van der Waals surface area contributed by atoms with Crippen molar-refractivity contribution in [1.29, 1.82) is 0 Å². The van der Waals surface area contributed by atoms with Gasteiger partial charge in [0.05, 0.1) is 18.8 Å². The number of halogens is 1. The predicted octanol–water partition coefficient (Wildman–Crippen LogP) is 4.27. The van der Waals surface area contributed by atoms with E-state index in [1.54, 1.807) is 25.5 Å². The van der Waals surface area contributed by atoms with Crippen LogP contribution in [0.2, 0.25) is 0 Å². The van der Waals surface area contributed by atoms with E-state index in [9.17, 15) is 0 Å². The second-order valence-electron chi connectivity index (χ2n) is 8.02. The zero-order valence-electron chi connectivity index (χ0n) is 19.1. The highest BCUT2D eigenvalue weighted by molar-refractivity contribution is 14.0. The first-order chi connectivity index (χ1) is 14.3. The summed E-state index contributed by atoms with van der Waals surface area (Å²) < 4.78 is 17.4. The number of benzene rings is 1. The Morgan fingerprint density at radius 2 is 2.19 bits per heavy atom. The van der Waals surface area contributed by atoms with E-state index < -0.39 is 0 Å². The molecule has 1 aliphatic rings. The van der Waals surface area contributed by atoms with Crippen LogP contribution in [0.5, 0.6) is 11.5 Å². The number of aromatic nitrogens is 1. The molecule has 0 saturated carbocycles. The number of aliphatic imine (C=N–C) groups is 1. The number of ether oxygens (including phenoxy) is 3. The molecule has 1 aromatic heterocycles. The van der Waals surface area contributed by atoms with Crippen LogP contribution in [0.15, 0.2) is 28.6 Å². The smallest absolute Gasteiger partial charge is 0.193 e. The van der Waals surface area contributed by atoms with Gasteiger partial charge < -0.3 is 24.4 Å². The fourth-order valence-corrected chi connectivity index (χ4v) is 4.25. The molecule has 1 aliphatic heterocycles. The molecule has 0 saturated heterocycles. The van der Waals surface area contributed by atoms with Crippen molar-refractivity contribution >= 4 is 41.3 Å². The van der Waals surface area contributed by atoms with Crippen LogP contribution >= 0.6 is 35.3 Å². The van der Waals surface area contributed by atoms with E-state index in [2.05, 4.69) is 40.6 Å². The summed E-state index contributed by atoms with van der Waals surface area (Å²) in [5, 5.41) is 6.39. The third-order valence-electron chi connectivity index (χ3n) is 4.94. The van der Waals surface area contributed by atoms with Gasteiger partial charge in [0, 0.05) is 38.6 Å². The van der Waals surface area contributed by atoms with Crippen LogP contribution in [-0.4, -0.2) is 55.8 Å². The number of hydrogen-bond donors (Lipinski definition) is 1. The normalized spacial score (nSPS) is 15.5. The van der Waals surface area contributed by atoms with Crippen molar-refractivity contribution in [1.82, 2.24) is 15.2 Å². The van der Waals surface area contributed by atoms with E-state index in [-0.39, 0.29) is 35.7 Å². The largest absolute Gasteiger partial charge is 0.488 e. The lowest BCUT2D eigenvalue weighted by Crippen LogP contribution is -2.40. The number of rotatable bonds is 8. The van der Waals surface area contributed by atoms with Gasteiger partial charge in [-0.05, 0) is 26.8 Å². The maximum absolute atomic E-state index is 6.06. The zero-order valence-corrected chi connectivity index (χ0v) is 22.2. The molecule has 2 heterocycles. The number of nitrogens with one attached hydrogen (secondary N) is 1. The Morgan fingerprint density at radius 1 is 1.42 bits per heavy atom. The first kappa shape index (κ1) is 25.7. The Morgan fingerprint density at radius 3 is 2.90 bits per heavy atom. The van der Waals surface area contributed by atoms with Crippen molar-refractivity contribution in [3.63, 3.8) is 0 Å². The van der Waals surface area contributed by atoms with E-state index in [1.165, 1.54) is 5.56 Å². The molecule has 2 aromatic rings. The topological polar surface area (TPSA) is 68.2 Å². The molecule has 31 heavy (non-hydrogen) atoms. The minimum atomic E-state index is -0.179. The van der Waals surface area contributed by atoms with Gasteiger partial charge in [-0.25, -0.2) is 4.98 Å². The van der Waals surface area contributed by atoms with Crippen LogP contribution in [-0.2, 0) is 17.7 Å². The lowest BCUT2D eigenvalue weighted by atomic mass is 10.0. The number of nitrogens with zero attached hydrogens (tertiary/aromatic N) is 3. The summed E-state index contributed by atoms with van der Waals surface area (Å²) in [7, 11) is 5.47. The summed E-state index contributed by atoms with van der Waals surface area (Å²) in [5.41, 5.74) is 2.02. The summed E-state index contributed by atoms with van der Waals surface area (Å²) in [6, 6.07) is 6.08. The second kappa shape index (κ2) is 11.3. The van der Waals surface area contributed by atoms with Crippen LogP contribution in [0.1, 0.15) is 43.1 Å². The fraction of sp³-hybridized carbons (Fsp3) is 0.545. The molecule has 1 N–H and O–H groups in total. The van der Waals surface area contributed by atoms with Gasteiger partial charge in [-0.1, -0.05) is 12.1 Å². The molecule has 0 radical (unpaired) electrons. The molecule has 0 fully saturated rings. The zero-order chi connectivity index (χ0) is 21.7.